The third kappa shape index (κ3) is 3.58. The van der Waals surface area contributed by atoms with Crippen LogP contribution in [0.1, 0.15) is 18.2 Å². The molecule has 0 fully saturated rings. The summed E-state index contributed by atoms with van der Waals surface area (Å²) in [5.74, 6) is 0.578. The van der Waals surface area contributed by atoms with Gasteiger partial charge < -0.3 is 15.1 Å². The highest BCUT2D eigenvalue weighted by molar-refractivity contribution is 5.48. The monoisotopic (exact) mass is 262 g/mol. The molecule has 0 aliphatic rings. The minimum absolute atomic E-state index is 0.0334. The fourth-order valence-corrected chi connectivity index (χ4v) is 2.08. The van der Waals surface area contributed by atoms with Crippen molar-refractivity contribution in [1.29, 1.82) is 0 Å². The van der Waals surface area contributed by atoms with Gasteiger partial charge in [-0.15, -0.1) is 0 Å². The second-order valence-corrected chi connectivity index (χ2v) is 4.90. The van der Waals surface area contributed by atoms with E-state index < -0.39 is 0 Å². The van der Waals surface area contributed by atoms with E-state index in [0.717, 1.165) is 11.3 Å². The molecule has 0 aliphatic carbocycles. The van der Waals surface area contributed by atoms with Crippen molar-refractivity contribution >= 4 is 5.69 Å². The van der Waals surface area contributed by atoms with Crippen LogP contribution in [0, 0.1) is 5.82 Å². The van der Waals surface area contributed by atoms with Gasteiger partial charge in [0, 0.05) is 13.1 Å². The van der Waals surface area contributed by atoms with Crippen molar-refractivity contribution in [1.82, 2.24) is 0 Å². The van der Waals surface area contributed by atoms with Crippen LogP contribution in [0.4, 0.5) is 10.1 Å². The van der Waals surface area contributed by atoms with Crippen molar-refractivity contribution in [2.45, 2.75) is 25.9 Å². The van der Waals surface area contributed by atoms with E-state index in [4.69, 9.17) is 10.2 Å². The molecule has 1 unspecified atom stereocenters. The minimum atomic E-state index is -0.229. The predicted octanol–water partition coefficient (Wildman–Crippen LogP) is 2.94. The highest BCUT2D eigenvalue weighted by atomic mass is 19.1. The van der Waals surface area contributed by atoms with Crippen LogP contribution in [-0.4, -0.2) is 13.1 Å². The van der Waals surface area contributed by atoms with Crippen LogP contribution in [0.3, 0.4) is 0 Å². The normalized spacial score (nSPS) is 12.4. The van der Waals surface area contributed by atoms with Crippen molar-refractivity contribution in [3.8, 4) is 0 Å². The van der Waals surface area contributed by atoms with Gasteiger partial charge in [0.05, 0.1) is 18.5 Å². The van der Waals surface area contributed by atoms with Gasteiger partial charge in [-0.3, -0.25) is 0 Å². The Kier molecular flexibility index (Phi) is 4.22. The predicted molar refractivity (Wildman–Crippen MR) is 74.6 cm³/mol. The second kappa shape index (κ2) is 5.89. The number of hydrogen-bond donors (Lipinski definition) is 1. The molecule has 3 nitrogen and oxygen atoms in total. The molecule has 0 radical (unpaired) electrons. The van der Waals surface area contributed by atoms with Gasteiger partial charge in [-0.25, -0.2) is 4.39 Å². The summed E-state index contributed by atoms with van der Waals surface area (Å²) in [5.41, 5.74) is 7.20. The molecular weight excluding hydrogens is 243 g/mol. The van der Waals surface area contributed by atoms with E-state index in [9.17, 15) is 4.39 Å². The summed E-state index contributed by atoms with van der Waals surface area (Å²) in [5, 5.41) is 0. The second-order valence-electron chi connectivity index (χ2n) is 4.90. The Bertz CT molecular complexity index is 523. The standard InChI is InChI=1S/C15H19FN2O/c1-11(17)8-12-5-6-15(14(16)9-12)18(2)10-13-4-3-7-19-13/h3-7,9,11H,8,10,17H2,1-2H3. The molecular formula is C15H19FN2O. The van der Waals surface area contributed by atoms with E-state index in [1.807, 2.05) is 37.1 Å². The van der Waals surface area contributed by atoms with E-state index in [1.54, 1.807) is 18.4 Å². The SMILES string of the molecule is CC(N)Cc1ccc(N(C)Cc2ccco2)c(F)c1. The van der Waals surface area contributed by atoms with Crippen molar-refractivity contribution < 1.29 is 8.81 Å². The van der Waals surface area contributed by atoms with Crippen LogP contribution in [0.25, 0.3) is 0 Å². The Morgan fingerprint density at radius 1 is 1.37 bits per heavy atom. The van der Waals surface area contributed by atoms with E-state index in [-0.39, 0.29) is 11.9 Å². The first-order chi connectivity index (χ1) is 9.06. The lowest BCUT2D eigenvalue weighted by atomic mass is 10.1. The Hall–Kier alpha value is -1.81. The lowest BCUT2D eigenvalue weighted by Crippen LogP contribution is -2.19. The topological polar surface area (TPSA) is 42.4 Å². The molecule has 0 amide bonds. The van der Waals surface area contributed by atoms with Gasteiger partial charge in [-0.1, -0.05) is 6.07 Å². The Morgan fingerprint density at radius 2 is 2.16 bits per heavy atom. The molecule has 1 atom stereocenters. The quantitative estimate of drug-likeness (QED) is 0.900. The number of anilines is 1. The summed E-state index contributed by atoms with van der Waals surface area (Å²) in [6.07, 6.45) is 2.30. The van der Waals surface area contributed by atoms with E-state index in [1.165, 1.54) is 0 Å². The number of hydrogen-bond acceptors (Lipinski definition) is 3. The minimum Gasteiger partial charge on any atom is -0.467 e. The van der Waals surface area contributed by atoms with Crippen LogP contribution >= 0.6 is 0 Å². The third-order valence-electron chi connectivity index (χ3n) is 2.95. The maximum atomic E-state index is 14.1. The summed E-state index contributed by atoms with van der Waals surface area (Å²) >= 11 is 0. The highest BCUT2D eigenvalue weighted by Gasteiger charge is 2.10. The van der Waals surface area contributed by atoms with Crippen LogP contribution in [0.5, 0.6) is 0 Å². The molecule has 2 aromatic rings. The van der Waals surface area contributed by atoms with Gasteiger partial charge in [0.15, 0.2) is 0 Å². The van der Waals surface area contributed by atoms with E-state index in [0.29, 0.717) is 18.7 Å². The van der Waals surface area contributed by atoms with Crippen molar-refractivity contribution in [2.75, 3.05) is 11.9 Å². The lowest BCUT2D eigenvalue weighted by Gasteiger charge is -2.19. The molecule has 0 saturated heterocycles. The van der Waals surface area contributed by atoms with Crippen LogP contribution in [0.15, 0.2) is 41.0 Å². The summed E-state index contributed by atoms with van der Waals surface area (Å²) in [6.45, 7) is 2.45. The fraction of sp³-hybridized carbons (Fsp3) is 0.333. The largest absolute Gasteiger partial charge is 0.467 e. The zero-order chi connectivity index (χ0) is 13.8. The van der Waals surface area contributed by atoms with Crippen molar-refractivity contribution in [3.63, 3.8) is 0 Å². The van der Waals surface area contributed by atoms with Gasteiger partial charge in [0.2, 0.25) is 0 Å². The molecule has 0 aliphatic heterocycles. The van der Waals surface area contributed by atoms with E-state index >= 15 is 0 Å². The highest BCUT2D eigenvalue weighted by Crippen LogP contribution is 2.21. The van der Waals surface area contributed by atoms with Crippen LogP contribution in [-0.2, 0) is 13.0 Å². The molecule has 19 heavy (non-hydrogen) atoms. The first kappa shape index (κ1) is 13.6. The van der Waals surface area contributed by atoms with Crippen molar-refractivity contribution in [2.24, 2.45) is 5.73 Å². The maximum Gasteiger partial charge on any atom is 0.146 e. The molecule has 0 saturated carbocycles. The Balaban J connectivity index is 2.11. The number of nitrogens with two attached hydrogens (primary N) is 1. The molecule has 1 heterocycles. The number of halogens is 1. The summed E-state index contributed by atoms with van der Waals surface area (Å²) in [7, 11) is 1.84. The Labute approximate surface area is 112 Å². The van der Waals surface area contributed by atoms with Crippen LogP contribution < -0.4 is 10.6 Å². The van der Waals surface area contributed by atoms with Crippen LogP contribution in [0.2, 0.25) is 0 Å². The average molecular weight is 262 g/mol. The molecule has 2 rings (SSSR count). The first-order valence-electron chi connectivity index (χ1n) is 6.34. The average Bonchev–Trinajstić information content (AvgIpc) is 2.80. The zero-order valence-corrected chi connectivity index (χ0v) is 11.3. The number of benzene rings is 1. The van der Waals surface area contributed by atoms with Gasteiger partial charge in [0.1, 0.15) is 11.6 Å². The van der Waals surface area contributed by atoms with Gasteiger partial charge in [-0.05, 0) is 43.2 Å². The summed E-state index contributed by atoms with van der Waals surface area (Å²) in [6, 6.07) is 8.99. The van der Waals surface area contributed by atoms with Gasteiger partial charge in [0.25, 0.3) is 0 Å². The molecule has 102 valence electrons. The molecule has 0 bridgehead atoms. The number of nitrogens with zero attached hydrogens (tertiary/aromatic N) is 1. The molecule has 2 N–H and O–H groups in total. The van der Waals surface area contributed by atoms with Gasteiger partial charge in [-0.2, -0.15) is 0 Å². The lowest BCUT2D eigenvalue weighted by molar-refractivity contribution is 0.505. The van der Waals surface area contributed by atoms with E-state index in [2.05, 4.69) is 0 Å². The fourth-order valence-electron chi connectivity index (χ4n) is 2.08. The zero-order valence-electron chi connectivity index (χ0n) is 11.3. The molecule has 0 spiro atoms. The summed E-state index contributed by atoms with van der Waals surface area (Å²) < 4.78 is 19.3. The van der Waals surface area contributed by atoms with Crippen molar-refractivity contribution in [3.05, 3.63) is 53.7 Å². The molecule has 1 aromatic carbocycles. The molecule has 1 aromatic heterocycles. The number of rotatable bonds is 5. The summed E-state index contributed by atoms with van der Waals surface area (Å²) in [4.78, 5) is 1.82. The number of furan rings is 1. The maximum absolute atomic E-state index is 14.1. The Morgan fingerprint density at radius 3 is 2.74 bits per heavy atom. The van der Waals surface area contributed by atoms with Gasteiger partial charge >= 0.3 is 0 Å². The molecule has 4 heteroatoms. The third-order valence-corrected chi connectivity index (χ3v) is 2.95. The first-order valence-corrected chi connectivity index (χ1v) is 6.34. The smallest absolute Gasteiger partial charge is 0.146 e.